The van der Waals surface area contributed by atoms with Gasteiger partial charge in [-0.25, -0.2) is 18.2 Å². The number of amides is 1. The fourth-order valence-electron chi connectivity index (χ4n) is 2.59. The van der Waals surface area contributed by atoms with Crippen LogP contribution in [0.2, 0.25) is 0 Å². The van der Waals surface area contributed by atoms with Crippen LogP contribution in [0.3, 0.4) is 0 Å². The van der Waals surface area contributed by atoms with Gasteiger partial charge >= 0.3 is 0 Å². The Morgan fingerprint density at radius 1 is 1.13 bits per heavy atom. The summed E-state index contributed by atoms with van der Waals surface area (Å²) in [6, 6.07) is 9.20. The molecule has 2 aromatic rings. The lowest BCUT2D eigenvalue weighted by atomic mass is 10.2. The zero-order valence-electron chi connectivity index (χ0n) is 16.8. The van der Waals surface area contributed by atoms with Crippen LogP contribution in [0.25, 0.3) is 0 Å². The molecule has 2 aromatic carbocycles. The van der Waals surface area contributed by atoms with Crippen molar-refractivity contribution < 1.29 is 22.7 Å². The second kappa shape index (κ2) is 12.3. The molecule has 0 radical (unpaired) electrons. The molecule has 0 unspecified atom stereocenters. The molecular weight excluding hydrogens is 512 g/mol. The van der Waals surface area contributed by atoms with Crippen LogP contribution in [-0.4, -0.2) is 44.0 Å². The van der Waals surface area contributed by atoms with Gasteiger partial charge in [0.05, 0.1) is 12.8 Å². The molecule has 0 spiro atoms. The van der Waals surface area contributed by atoms with Gasteiger partial charge in [0.1, 0.15) is 12.3 Å². The minimum absolute atomic E-state index is 0. The van der Waals surface area contributed by atoms with Crippen molar-refractivity contribution in [1.82, 2.24) is 10.2 Å². The maximum Gasteiger partial charge on any atom is 0.246 e. The summed E-state index contributed by atoms with van der Waals surface area (Å²) >= 11 is 0. The summed E-state index contributed by atoms with van der Waals surface area (Å²) < 4.78 is 45.3. The van der Waals surface area contributed by atoms with E-state index in [1.54, 1.807) is 19.1 Å². The second-order valence-corrected chi connectivity index (χ2v) is 6.11. The lowest BCUT2D eigenvalue weighted by Gasteiger charge is -2.23. The average Bonchev–Trinajstić information content (AvgIpc) is 2.71. The van der Waals surface area contributed by atoms with Crippen molar-refractivity contribution in [3.05, 3.63) is 59.4 Å². The van der Waals surface area contributed by atoms with E-state index in [4.69, 9.17) is 4.74 Å². The number of guanidine groups is 1. The molecule has 0 aliphatic heterocycles. The van der Waals surface area contributed by atoms with E-state index in [1.165, 1.54) is 0 Å². The highest BCUT2D eigenvalue weighted by atomic mass is 127. The molecule has 0 bridgehead atoms. The summed E-state index contributed by atoms with van der Waals surface area (Å²) in [5.74, 6) is -3.93. The Labute approximate surface area is 190 Å². The summed E-state index contributed by atoms with van der Waals surface area (Å²) in [6.07, 6.45) is 0. The van der Waals surface area contributed by atoms with Crippen molar-refractivity contribution >= 4 is 41.5 Å². The maximum absolute atomic E-state index is 13.7. The lowest BCUT2D eigenvalue weighted by molar-refractivity contribution is -0.114. The molecule has 0 aliphatic rings. The largest absolute Gasteiger partial charge is 0.496 e. The van der Waals surface area contributed by atoms with Gasteiger partial charge in [-0.05, 0) is 25.1 Å². The Hall–Kier alpha value is -2.50. The third-order valence-corrected chi connectivity index (χ3v) is 3.98. The number of rotatable bonds is 7. The molecule has 2 N–H and O–H groups in total. The molecule has 0 fully saturated rings. The van der Waals surface area contributed by atoms with Gasteiger partial charge in [-0.1, -0.05) is 18.2 Å². The summed E-state index contributed by atoms with van der Waals surface area (Å²) in [7, 11) is 3.38. The Morgan fingerprint density at radius 2 is 1.83 bits per heavy atom. The molecular formula is C20H24F3IN4O2. The number of carbonyl (C=O) groups is 1. The van der Waals surface area contributed by atoms with Gasteiger partial charge < -0.3 is 20.3 Å². The summed E-state index contributed by atoms with van der Waals surface area (Å²) in [5, 5.41) is 5.25. The van der Waals surface area contributed by atoms with Gasteiger partial charge in [0.2, 0.25) is 5.91 Å². The standard InChI is InChI=1S/C20H23F3N4O2.HI/c1-4-24-20(27(2)12-13-7-5-6-8-16(13)29-3)25-11-17(28)26-15-10-9-14(21)18(22)19(15)23;/h5-10H,4,11-12H2,1-3H3,(H,24,25)(H,26,28);1H. The van der Waals surface area contributed by atoms with E-state index in [0.717, 1.165) is 23.4 Å². The number of ether oxygens (including phenoxy) is 1. The number of carbonyl (C=O) groups excluding carboxylic acids is 1. The molecule has 1 amide bonds. The molecule has 0 aliphatic carbocycles. The predicted octanol–water partition coefficient (Wildman–Crippen LogP) is 3.77. The Kier molecular flexibility index (Phi) is 10.4. The van der Waals surface area contributed by atoms with Crippen molar-refractivity contribution in [1.29, 1.82) is 0 Å². The average molecular weight is 536 g/mol. The minimum Gasteiger partial charge on any atom is -0.496 e. The molecule has 164 valence electrons. The van der Waals surface area contributed by atoms with Crippen molar-refractivity contribution in [2.45, 2.75) is 13.5 Å². The van der Waals surface area contributed by atoms with Gasteiger partial charge in [0.25, 0.3) is 0 Å². The third kappa shape index (κ3) is 6.78. The maximum atomic E-state index is 13.7. The fraction of sp³-hybridized carbons (Fsp3) is 0.300. The van der Waals surface area contributed by atoms with Crippen molar-refractivity contribution in [3.8, 4) is 5.75 Å². The van der Waals surface area contributed by atoms with E-state index in [0.29, 0.717) is 19.0 Å². The van der Waals surface area contributed by atoms with Crippen LogP contribution in [0.15, 0.2) is 41.4 Å². The van der Waals surface area contributed by atoms with E-state index in [1.807, 2.05) is 31.2 Å². The van der Waals surface area contributed by atoms with Crippen LogP contribution in [0.1, 0.15) is 12.5 Å². The Balaban J connectivity index is 0.00000450. The van der Waals surface area contributed by atoms with Crippen LogP contribution >= 0.6 is 24.0 Å². The predicted molar refractivity (Wildman–Crippen MR) is 121 cm³/mol. The van der Waals surface area contributed by atoms with Crippen LogP contribution in [-0.2, 0) is 11.3 Å². The molecule has 0 saturated carbocycles. The number of anilines is 1. The normalized spacial score (nSPS) is 10.8. The van der Waals surface area contributed by atoms with Crippen molar-refractivity contribution in [3.63, 3.8) is 0 Å². The number of hydrogen-bond donors (Lipinski definition) is 2. The van der Waals surface area contributed by atoms with Crippen molar-refractivity contribution in [2.75, 3.05) is 32.6 Å². The van der Waals surface area contributed by atoms with Gasteiger partial charge in [0, 0.05) is 25.7 Å². The molecule has 0 heterocycles. The molecule has 30 heavy (non-hydrogen) atoms. The van der Waals surface area contributed by atoms with Gasteiger partial charge in [-0.15, -0.1) is 24.0 Å². The second-order valence-electron chi connectivity index (χ2n) is 6.11. The molecule has 0 saturated heterocycles. The first kappa shape index (κ1) is 25.5. The molecule has 6 nitrogen and oxygen atoms in total. The topological polar surface area (TPSA) is 66.0 Å². The Bertz CT molecular complexity index is 896. The molecule has 10 heteroatoms. The monoisotopic (exact) mass is 536 g/mol. The number of benzene rings is 2. The van der Waals surface area contributed by atoms with Crippen LogP contribution in [0, 0.1) is 17.5 Å². The highest BCUT2D eigenvalue weighted by molar-refractivity contribution is 14.0. The summed E-state index contributed by atoms with van der Waals surface area (Å²) in [6.45, 7) is 2.57. The third-order valence-electron chi connectivity index (χ3n) is 3.98. The number of para-hydroxylation sites is 1. The number of aliphatic imine (C=N–C) groups is 1. The van der Waals surface area contributed by atoms with E-state index < -0.39 is 29.0 Å². The van der Waals surface area contributed by atoms with E-state index in [2.05, 4.69) is 15.6 Å². The summed E-state index contributed by atoms with van der Waals surface area (Å²) in [4.78, 5) is 18.1. The Morgan fingerprint density at radius 3 is 2.50 bits per heavy atom. The number of methoxy groups -OCH3 is 1. The van der Waals surface area contributed by atoms with E-state index in [-0.39, 0.29) is 30.5 Å². The number of nitrogens with one attached hydrogen (secondary N) is 2. The van der Waals surface area contributed by atoms with Gasteiger partial charge in [-0.3, -0.25) is 4.79 Å². The van der Waals surface area contributed by atoms with Gasteiger partial charge in [0.15, 0.2) is 23.4 Å². The van der Waals surface area contributed by atoms with Crippen molar-refractivity contribution in [2.24, 2.45) is 4.99 Å². The first-order valence-corrected chi connectivity index (χ1v) is 8.92. The number of halogens is 4. The first-order valence-electron chi connectivity index (χ1n) is 8.92. The fourth-order valence-corrected chi connectivity index (χ4v) is 2.59. The minimum atomic E-state index is -1.64. The van der Waals surface area contributed by atoms with Gasteiger partial charge in [-0.2, -0.15) is 0 Å². The summed E-state index contributed by atoms with van der Waals surface area (Å²) in [5.41, 5.74) is 0.480. The van der Waals surface area contributed by atoms with Crippen LogP contribution in [0.4, 0.5) is 18.9 Å². The lowest BCUT2D eigenvalue weighted by Crippen LogP contribution is -2.39. The number of hydrogen-bond acceptors (Lipinski definition) is 3. The van der Waals surface area contributed by atoms with Crippen LogP contribution < -0.4 is 15.4 Å². The smallest absolute Gasteiger partial charge is 0.246 e. The highest BCUT2D eigenvalue weighted by Crippen LogP contribution is 2.20. The molecule has 0 atom stereocenters. The SMILES string of the molecule is CCNC(=NCC(=O)Nc1ccc(F)c(F)c1F)N(C)Cc1ccccc1OC.I. The molecule has 0 aromatic heterocycles. The molecule has 2 rings (SSSR count). The van der Waals surface area contributed by atoms with E-state index in [9.17, 15) is 18.0 Å². The first-order chi connectivity index (χ1) is 13.9. The number of nitrogens with zero attached hydrogens (tertiary/aromatic N) is 2. The highest BCUT2D eigenvalue weighted by Gasteiger charge is 2.16. The zero-order valence-corrected chi connectivity index (χ0v) is 19.2. The van der Waals surface area contributed by atoms with E-state index >= 15 is 0 Å². The van der Waals surface area contributed by atoms with Crippen LogP contribution in [0.5, 0.6) is 5.75 Å². The quantitative estimate of drug-likeness (QED) is 0.245. The zero-order chi connectivity index (χ0) is 21.4.